The zero-order valence-corrected chi connectivity index (χ0v) is 22.6. The van der Waals surface area contributed by atoms with Gasteiger partial charge in [-0.1, -0.05) is 29.8 Å². The zero-order chi connectivity index (χ0) is 29.4. The summed E-state index contributed by atoms with van der Waals surface area (Å²) < 4.78 is 6.04. The first kappa shape index (κ1) is 29.9. The molecule has 11 heteroatoms. The summed E-state index contributed by atoms with van der Waals surface area (Å²) in [6.45, 7) is 4.91. The minimum atomic E-state index is -1.21. The second-order valence-corrected chi connectivity index (χ2v) is 9.78. The van der Waals surface area contributed by atoms with Gasteiger partial charge in [-0.15, -0.1) is 0 Å². The molecule has 2 aromatic carbocycles. The van der Waals surface area contributed by atoms with E-state index < -0.39 is 17.8 Å². The van der Waals surface area contributed by atoms with Gasteiger partial charge in [0.1, 0.15) is 23.3 Å². The van der Waals surface area contributed by atoms with Crippen LogP contribution >= 0.6 is 0 Å². The van der Waals surface area contributed by atoms with Crippen molar-refractivity contribution in [3.8, 4) is 5.75 Å². The standard InChI is InChI=1S/C29H35N5O6/c1-18(14-20-4-3-5-21(15-20)28(31)32)17-34(26(35)8-9-27(36)37)22-6-7-25(24(16-22)29(38)39)40-23-10-12-33(13-11-23)19(2)30/h3-7,14-16,23,30H,8-13,17H2,1-2H3,(H3,31,32)(H,36,37)(H,38,39). The van der Waals surface area contributed by atoms with Gasteiger partial charge in [0.15, 0.2) is 0 Å². The molecule has 11 nitrogen and oxygen atoms in total. The molecular formula is C29H35N5O6. The number of nitrogens with one attached hydrogen (secondary N) is 2. The summed E-state index contributed by atoms with van der Waals surface area (Å²) in [7, 11) is 0. The van der Waals surface area contributed by atoms with Gasteiger partial charge in [0, 0.05) is 50.1 Å². The van der Waals surface area contributed by atoms with E-state index in [1.54, 1.807) is 38.1 Å². The number of rotatable bonds is 11. The van der Waals surface area contributed by atoms with Crippen LogP contribution in [0.3, 0.4) is 0 Å². The fourth-order valence-corrected chi connectivity index (χ4v) is 4.49. The van der Waals surface area contributed by atoms with Gasteiger partial charge in [0.05, 0.1) is 12.3 Å². The Morgan fingerprint density at radius 2 is 1.77 bits per heavy atom. The summed E-state index contributed by atoms with van der Waals surface area (Å²) >= 11 is 0. The van der Waals surface area contributed by atoms with Crippen molar-refractivity contribution in [2.75, 3.05) is 24.5 Å². The average Bonchev–Trinajstić information content (AvgIpc) is 2.91. The molecule has 0 atom stereocenters. The molecule has 3 rings (SSSR count). The molecule has 6 N–H and O–H groups in total. The van der Waals surface area contributed by atoms with Crippen molar-refractivity contribution in [1.29, 1.82) is 10.8 Å². The first-order valence-corrected chi connectivity index (χ1v) is 12.9. The lowest BCUT2D eigenvalue weighted by Crippen LogP contribution is -2.40. The van der Waals surface area contributed by atoms with E-state index >= 15 is 0 Å². The number of aromatic carboxylic acids is 1. The summed E-state index contributed by atoms with van der Waals surface area (Å²) in [5, 5.41) is 34.5. The normalized spacial score (nSPS) is 13.9. The number of carbonyl (C=O) groups is 3. The lowest BCUT2D eigenvalue weighted by atomic mass is 10.1. The smallest absolute Gasteiger partial charge is 0.339 e. The number of carboxylic acid groups (broad SMARTS) is 2. The van der Waals surface area contributed by atoms with Crippen LogP contribution < -0.4 is 15.4 Å². The van der Waals surface area contributed by atoms with E-state index in [9.17, 15) is 19.5 Å². The predicted molar refractivity (Wildman–Crippen MR) is 152 cm³/mol. The SMILES string of the molecule is CC(=N)N1CCC(Oc2ccc(N(CC(C)=Cc3cccc(C(=N)N)c3)C(=O)CCC(=O)O)cc2C(=O)O)CC1. The molecule has 1 heterocycles. The molecule has 0 saturated carbocycles. The largest absolute Gasteiger partial charge is 0.489 e. The van der Waals surface area contributed by atoms with E-state index in [4.69, 9.17) is 26.4 Å². The Morgan fingerprint density at radius 1 is 1.07 bits per heavy atom. The summed E-state index contributed by atoms with van der Waals surface area (Å²) in [5.74, 6) is -2.19. The Bertz CT molecular complexity index is 1330. The van der Waals surface area contributed by atoms with E-state index in [0.29, 0.717) is 43.0 Å². The number of nitrogens with two attached hydrogens (primary N) is 1. The number of carbonyl (C=O) groups excluding carboxylic acids is 1. The minimum absolute atomic E-state index is 0.0720. The minimum Gasteiger partial charge on any atom is -0.489 e. The van der Waals surface area contributed by atoms with Crippen molar-refractivity contribution in [1.82, 2.24) is 4.90 Å². The number of anilines is 1. The Morgan fingerprint density at radius 3 is 2.38 bits per heavy atom. The average molecular weight is 550 g/mol. The van der Waals surface area contributed by atoms with E-state index in [0.717, 1.165) is 11.1 Å². The van der Waals surface area contributed by atoms with E-state index in [2.05, 4.69) is 0 Å². The van der Waals surface area contributed by atoms with Gasteiger partial charge in [-0.3, -0.25) is 20.4 Å². The molecule has 0 bridgehead atoms. The third kappa shape index (κ3) is 8.16. The van der Waals surface area contributed by atoms with Gasteiger partial charge in [-0.25, -0.2) is 4.79 Å². The van der Waals surface area contributed by atoms with Crippen molar-refractivity contribution < 1.29 is 29.3 Å². The van der Waals surface area contributed by atoms with Crippen LogP contribution in [0.1, 0.15) is 61.0 Å². The van der Waals surface area contributed by atoms with Crippen molar-refractivity contribution in [3.05, 3.63) is 64.7 Å². The summed E-state index contributed by atoms with van der Waals surface area (Å²) in [6, 6.07) is 11.5. The maximum absolute atomic E-state index is 13.1. The van der Waals surface area contributed by atoms with Crippen LogP contribution in [0.4, 0.5) is 5.69 Å². The number of nitrogens with zero attached hydrogens (tertiary/aromatic N) is 2. The topological polar surface area (TPSA) is 181 Å². The van der Waals surface area contributed by atoms with Crippen LogP contribution in [-0.2, 0) is 9.59 Å². The van der Waals surface area contributed by atoms with Crippen LogP contribution in [0.2, 0.25) is 0 Å². The zero-order valence-electron chi connectivity index (χ0n) is 22.6. The van der Waals surface area contributed by atoms with E-state index in [1.165, 1.54) is 17.0 Å². The molecule has 40 heavy (non-hydrogen) atoms. The molecule has 1 fully saturated rings. The fourth-order valence-electron chi connectivity index (χ4n) is 4.49. The van der Waals surface area contributed by atoms with E-state index in [1.807, 2.05) is 17.0 Å². The van der Waals surface area contributed by atoms with Crippen LogP contribution in [0, 0.1) is 10.8 Å². The predicted octanol–water partition coefficient (Wildman–Crippen LogP) is 3.81. The number of benzene rings is 2. The highest BCUT2D eigenvalue weighted by atomic mass is 16.5. The second-order valence-electron chi connectivity index (χ2n) is 9.78. The maximum Gasteiger partial charge on any atom is 0.339 e. The van der Waals surface area contributed by atoms with Gasteiger partial charge < -0.3 is 30.5 Å². The van der Waals surface area contributed by atoms with Crippen LogP contribution in [-0.4, -0.2) is 70.4 Å². The number of nitrogen functional groups attached to an aromatic ring is 1. The van der Waals surface area contributed by atoms with Gasteiger partial charge in [-0.2, -0.15) is 0 Å². The molecule has 1 aliphatic rings. The van der Waals surface area contributed by atoms with Crippen LogP contribution in [0.15, 0.2) is 48.0 Å². The number of carboxylic acids is 2. The van der Waals surface area contributed by atoms with Gasteiger partial charge in [-0.05, 0) is 43.7 Å². The third-order valence-corrected chi connectivity index (χ3v) is 6.59. The third-order valence-electron chi connectivity index (χ3n) is 6.59. The Hall–Kier alpha value is -4.67. The molecule has 2 aromatic rings. The van der Waals surface area contributed by atoms with Crippen LogP contribution in [0.25, 0.3) is 6.08 Å². The lowest BCUT2D eigenvalue weighted by molar-refractivity contribution is -0.138. The molecule has 0 radical (unpaired) electrons. The molecule has 1 saturated heterocycles. The Balaban J connectivity index is 1.88. The molecule has 1 amide bonds. The fraction of sp³-hybridized carbons (Fsp3) is 0.345. The van der Waals surface area contributed by atoms with Crippen LogP contribution in [0.5, 0.6) is 5.75 Å². The highest BCUT2D eigenvalue weighted by Gasteiger charge is 2.25. The molecule has 0 aliphatic carbocycles. The first-order chi connectivity index (χ1) is 18.9. The number of hydrogen-bond donors (Lipinski definition) is 5. The second kappa shape index (κ2) is 13.4. The Labute approximate surface area is 232 Å². The summed E-state index contributed by atoms with van der Waals surface area (Å²) in [6.07, 6.45) is 2.29. The van der Waals surface area contributed by atoms with Crippen molar-refractivity contribution in [3.63, 3.8) is 0 Å². The number of aliphatic carboxylic acids is 1. The van der Waals surface area contributed by atoms with Crippen molar-refractivity contribution in [2.45, 2.75) is 45.6 Å². The maximum atomic E-state index is 13.1. The first-order valence-electron chi connectivity index (χ1n) is 12.9. The van der Waals surface area contributed by atoms with Gasteiger partial charge >= 0.3 is 11.9 Å². The van der Waals surface area contributed by atoms with Gasteiger partial charge in [0.25, 0.3) is 0 Å². The summed E-state index contributed by atoms with van der Waals surface area (Å²) in [5.41, 5.74) is 7.86. The lowest BCUT2D eigenvalue weighted by Gasteiger charge is -2.33. The molecule has 212 valence electrons. The van der Waals surface area contributed by atoms with Crippen molar-refractivity contribution in [2.24, 2.45) is 5.73 Å². The highest BCUT2D eigenvalue weighted by molar-refractivity contribution is 5.98. The number of ether oxygens (including phenoxy) is 1. The highest BCUT2D eigenvalue weighted by Crippen LogP contribution is 2.29. The number of likely N-dealkylation sites (tertiary alicyclic amines) is 1. The van der Waals surface area contributed by atoms with E-state index in [-0.39, 0.29) is 42.6 Å². The van der Waals surface area contributed by atoms with Crippen molar-refractivity contribution >= 4 is 41.3 Å². The Kier molecular flexibility index (Phi) is 10.0. The molecular weight excluding hydrogens is 514 g/mol. The number of piperidine rings is 1. The molecule has 0 spiro atoms. The molecule has 0 unspecified atom stereocenters. The molecule has 1 aliphatic heterocycles. The molecule has 0 aromatic heterocycles. The number of hydrogen-bond acceptors (Lipinski definition) is 6. The number of amides is 1. The monoisotopic (exact) mass is 549 g/mol. The quantitative estimate of drug-likeness (QED) is 0.207. The summed E-state index contributed by atoms with van der Waals surface area (Å²) in [4.78, 5) is 39.8. The number of amidine groups is 2. The van der Waals surface area contributed by atoms with Gasteiger partial charge in [0.2, 0.25) is 5.91 Å².